The van der Waals surface area contributed by atoms with E-state index in [1.54, 1.807) is 12.1 Å². The zero-order chi connectivity index (χ0) is 19.8. The van der Waals surface area contributed by atoms with Crippen LogP contribution in [-0.2, 0) is 22.9 Å². The molecule has 0 aliphatic heterocycles. The van der Waals surface area contributed by atoms with E-state index in [1.165, 1.54) is 30.7 Å². The number of nitrogens with zero attached hydrogens (tertiary/aromatic N) is 1. The Labute approximate surface area is 165 Å². The van der Waals surface area contributed by atoms with Gasteiger partial charge in [-0.05, 0) is 61.1 Å². The first kappa shape index (κ1) is 19.7. The molecule has 0 bridgehead atoms. The van der Waals surface area contributed by atoms with Crippen molar-refractivity contribution in [1.29, 1.82) is 0 Å². The lowest BCUT2D eigenvalue weighted by atomic mass is 10.0. The lowest BCUT2D eigenvalue weighted by Gasteiger charge is -2.19. The summed E-state index contributed by atoms with van der Waals surface area (Å²) < 4.78 is 24.4. The van der Waals surface area contributed by atoms with E-state index < -0.39 is 10.0 Å². The normalized spacial score (nSPS) is 14.5. The summed E-state index contributed by atoms with van der Waals surface area (Å²) in [6.45, 7) is 1.94. The van der Waals surface area contributed by atoms with Crippen LogP contribution in [0, 0.1) is 0 Å². The van der Waals surface area contributed by atoms with Crippen molar-refractivity contribution in [3.63, 3.8) is 0 Å². The number of aryl methyl sites for hydroxylation is 2. The molecule has 0 spiro atoms. The second-order valence-corrected chi connectivity index (χ2v) is 9.39. The number of carbonyl (C=O) groups is 1. The van der Waals surface area contributed by atoms with Gasteiger partial charge in [-0.3, -0.25) is 9.10 Å². The number of amides is 1. The van der Waals surface area contributed by atoms with Crippen molar-refractivity contribution in [2.24, 2.45) is 0 Å². The number of nitrogens with one attached hydrogen (secondary N) is 1. The van der Waals surface area contributed by atoms with Gasteiger partial charge in [0, 0.05) is 7.05 Å². The molecule has 0 aromatic heterocycles. The van der Waals surface area contributed by atoms with E-state index in [2.05, 4.69) is 23.5 Å². The average Bonchev–Trinajstić information content (AvgIpc) is 3.07. The monoisotopic (exact) mass is 406 g/mol. The maximum atomic E-state index is 12.6. The van der Waals surface area contributed by atoms with Crippen LogP contribution < -0.4 is 9.62 Å². The Bertz CT molecular complexity index is 989. The number of fused-ring (bicyclic) bond motifs is 1. The predicted octanol–water partition coefficient (Wildman–Crippen LogP) is 3.72. The van der Waals surface area contributed by atoms with Gasteiger partial charge in [0.1, 0.15) is 0 Å². The molecule has 1 N–H and O–H groups in total. The van der Waals surface area contributed by atoms with E-state index in [4.69, 9.17) is 11.6 Å². The first-order valence-electron chi connectivity index (χ1n) is 8.83. The summed E-state index contributed by atoms with van der Waals surface area (Å²) in [4.78, 5) is 12.6. The highest BCUT2D eigenvalue weighted by molar-refractivity contribution is 7.92. The number of carbonyl (C=O) groups excluding carboxylic acids is 1. The zero-order valence-corrected chi connectivity index (χ0v) is 17.2. The summed E-state index contributed by atoms with van der Waals surface area (Å²) in [6, 6.07) is 10.8. The second-order valence-electron chi connectivity index (χ2n) is 6.97. The predicted molar refractivity (Wildman–Crippen MR) is 109 cm³/mol. The molecule has 0 fully saturated rings. The van der Waals surface area contributed by atoms with E-state index in [-0.39, 0.29) is 17.0 Å². The smallest absolute Gasteiger partial charge is 0.253 e. The highest BCUT2D eigenvalue weighted by atomic mass is 35.5. The van der Waals surface area contributed by atoms with Crippen molar-refractivity contribution in [2.75, 3.05) is 17.6 Å². The minimum Gasteiger partial charge on any atom is -0.345 e. The van der Waals surface area contributed by atoms with Crippen molar-refractivity contribution in [2.45, 2.75) is 32.2 Å². The largest absolute Gasteiger partial charge is 0.345 e. The van der Waals surface area contributed by atoms with Crippen LogP contribution in [0.15, 0.2) is 36.4 Å². The quantitative estimate of drug-likeness (QED) is 0.822. The summed E-state index contributed by atoms with van der Waals surface area (Å²) in [6.07, 6.45) is 4.51. The summed E-state index contributed by atoms with van der Waals surface area (Å²) in [7, 11) is -1.95. The molecule has 2 aromatic rings. The van der Waals surface area contributed by atoms with E-state index in [1.807, 2.05) is 6.92 Å². The van der Waals surface area contributed by atoms with Gasteiger partial charge < -0.3 is 5.32 Å². The van der Waals surface area contributed by atoms with Gasteiger partial charge in [-0.2, -0.15) is 0 Å². The van der Waals surface area contributed by atoms with Crippen molar-refractivity contribution in [1.82, 2.24) is 5.32 Å². The second kappa shape index (κ2) is 7.52. The summed E-state index contributed by atoms with van der Waals surface area (Å²) >= 11 is 6.24. The molecule has 0 saturated heterocycles. The van der Waals surface area contributed by atoms with Crippen LogP contribution in [0.4, 0.5) is 5.69 Å². The Hall–Kier alpha value is -2.05. The maximum absolute atomic E-state index is 12.6. The zero-order valence-electron chi connectivity index (χ0n) is 15.6. The molecule has 1 amide bonds. The number of sulfonamides is 1. The maximum Gasteiger partial charge on any atom is 0.253 e. The fourth-order valence-corrected chi connectivity index (χ4v) is 4.05. The molecule has 1 aliphatic rings. The number of hydrogen-bond donors (Lipinski definition) is 1. The first-order chi connectivity index (χ1) is 12.7. The molecule has 7 heteroatoms. The Balaban J connectivity index is 1.76. The first-order valence-corrected chi connectivity index (χ1v) is 11.1. The van der Waals surface area contributed by atoms with Gasteiger partial charge in [0.25, 0.3) is 5.91 Å². The fraction of sp³-hybridized carbons (Fsp3) is 0.350. The molecule has 144 valence electrons. The molecule has 0 radical (unpaired) electrons. The van der Waals surface area contributed by atoms with Crippen molar-refractivity contribution >= 4 is 33.2 Å². The minimum atomic E-state index is -3.39. The highest BCUT2D eigenvalue weighted by Crippen LogP contribution is 2.27. The van der Waals surface area contributed by atoms with Gasteiger partial charge in [0.2, 0.25) is 10.0 Å². The Morgan fingerprint density at radius 1 is 1.15 bits per heavy atom. The summed E-state index contributed by atoms with van der Waals surface area (Å²) in [5.74, 6) is -0.290. The van der Waals surface area contributed by atoms with Gasteiger partial charge in [0.05, 0.1) is 28.6 Å². The Morgan fingerprint density at radius 2 is 1.85 bits per heavy atom. The van der Waals surface area contributed by atoms with Crippen LogP contribution in [0.25, 0.3) is 0 Å². The SMILES string of the molecule is C[C@@H](NC(=O)c1ccc(N(C)S(C)(=O)=O)cc1Cl)c1ccc2c(c1)CCC2. The number of hydrogen-bond acceptors (Lipinski definition) is 3. The lowest BCUT2D eigenvalue weighted by Crippen LogP contribution is -2.27. The van der Waals surface area contributed by atoms with Gasteiger partial charge in [-0.15, -0.1) is 0 Å². The van der Waals surface area contributed by atoms with Crippen LogP contribution in [0.5, 0.6) is 0 Å². The molecule has 3 rings (SSSR count). The van der Waals surface area contributed by atoms with Crippen LogP contribution in [0.1, 0.15) is 46.4 Å². The number of rotatable bonds is 5. The number of halogens is 1. The van der Waals surface area contributed by atoms with Crippen LogP contribution in [-0.4, -0.2) is 27.6 Å². The van der Waals surface area contributed by atoms with Gasteiger partial charge >= 0.3 is 0 Å². The molecule has 0 unspecified atom stereocenters. The third-order valence-corrected chi connectivity index (χ3v) is 6.55. The Morgan fingerprint density at radius 3 is 2.52 bits per heavy atom. The van der Waals surface area contributed by atoms with E-state index in [0.29, 0.717) is 11.3 Å². The van der Waals surface area contributed by atoms with E-state index >= 15 is 0 Å². The molecular formula is C20H23ClN2O3S. The van der Waals surface area contributed by atoms with Crippen LogP contribution in [0.3, 0.4) is 0 Å². The molecule has 0 heterocycles. The van der Waals surface area contributed by atoms with Crippen molar-refractivity contribution in [3.8, 4) is 0 Å². The van der Waals surface area contributed by atoms with Crippen LogP contribution >= 0.6 is 11.6 Å². The van der Waals surface area contributed by atoms with E-state index in [9.17, 15) is 13.2 Å². The number of benzene rings is 2. The minimum absolute atomic E-state index is 0.155. The molecular weight excluding hydrogens is 384 g/mol. The topological polar surface area (TPSA) is 66.5 Å². The molecule has 2 aromatic carbocycles. The number of anilines is 1. The van der Waals surface area contributed by atoms with Crippen molar-refractivity contribution < 1.29 is 13.2 Å². The third-order valence-electron chi connectivity index (χ3n) is 5.03. The van der Waals surface area contributed by atoms with Gasteiger partial charge in [-0.25, -0.2) is 8.42 Å². The Kier molecular flexibility index (Phi) is 5.49. The lowest BCUT2D eigenvalue weighted by molar-refractivity contribution is 0.0940. The third kappa shape index (κ3) is 4.28. The standard InChI is InChI=1S/C20H23ClN2O3S/c1-13(15-8-7-14-5-4-6-16(14)11-15)22-20(24)18-10-9-17(12-19(18)21)23(2)27(3,25)26/h7-13H,4-6H2,1-3H3,(H,22,24)/t13-/m1/s1. The molecule has 0 saturated carbocycles. The fourth-order valence-electron chi connectivity index (χ4n) is 3.29. The molecule has 5 nitrogen and oxygen atoms in total. The molecule has 1 atom stereocenters. The highest BCUT2D eigenvalue weighted by Gasteiger charge is 2.19. The summed E-state index contributed by atoms with van der Waals surface area (Å²) in [5.41, 5.74) is 4.54. The van der Waals surface area contributed by atoms with E-state index in [0.717, 1.165) is 29.0 Å². The van der Waals surface area contributed by atoms with Crippen LogP contribution in [0.2, 0.25) is 5.02 Å². The summed E-state index contributed by atoms with van der Waals surface area (Å²) in [5, 5.41) is 3.18. The van der Waals surface area contributed by atoms with Gasteiger partial charge in [-0.1, -0.05) is 29.8 Å². The van der Waals surface area contributed by atoms with Crippen molar-refractivity contribution in [3.05, 3.63) is 63.7 Å². The van der Waals surface area contributed by atoms with Gasteiger partial charge in [0.15, 0.2) is 0 Å². The molecule has 1 aliphatic carbocycles. The molecule has 27 heavy (non-hydrogen) atoms. The average molecular weight is 407 g/mol.